The molecule has 0 aliphatic carbocycles. The second-order valence-electron chi connectivity index (χ2n) is 8.20. The standard InChI is InChI=1S/C29H17IN2O3S/c30-20-12-13-23(22(16-20)28-32-24-9-2-4-11-26(24)36-28)31-27(33)19-8-5-7-17(14-19)21-15-18-6-1-3-10-25(18)35-29(21)34/h1-16H,(H,31,33). The normalized spacial score (nSPS) is 11.1. The van der Waals surface area contributed by atoms with Crippen LogP contribution in [0.15, 0.2) is 106 Å². The van der Waals surface area contributed by atoms with Crippen molar-refractivity contribution in [2.24, 2.45) is 0 Å². The van der Waals surface area contributed by atoms with Crippen LogP contribution in [0.3, 0.4) is 0 Å². The molecule has 0 fully saturated rings. The minimum absolute atomic E-state index is 0.273. The number of carbonyl (C=O) groups excluding carboxylic acids is 1. The SMILES string of the molecule is O=C(Nc1ccc(I)cc1-c1nc2ccccc2s1)c1cccc(-c2cc3ccccc3oc2=O)c1. The fourth-order valence-corrected chi connectivity index (χ4v) is 5.56. The summed E-state index contributed by atoms with van der Waals surface area (Å²) in [5, 5.41) is 4.70. The number of benzene rings is 4. The molecule has 2 aromatic heterocycles. The molecule has 0 bridgehead atoms. The predicted octanol–water partition coefficient (Wildman–Crippen LogP) is 7.59. The Kier molecular flexibility index (Phi) is 5.86. The van der Waals surface area contributed by atoms with Crippen molar-refractivity contribution in [1.29, 1.82) is 0 Å². The zero-order chi connectivity index (χ0) is 24.6. The molecule has 0 spiro atoms. The lowest BCUT2D eigenvalue weighted by Crippen LogP contribution is -2.13. The maximum absolute atomic E-state index is 13.3. The number of nitrogens with one attached hydrogen (secondary N) is 1. The van der Waals surface area contributed by atoms with Crippen LogP contribution >= 0.6 is 33.9 Å². The minimum Gasteiger partial charge on any atom is -0.422 e. The van der Waals surface area contributed by atoms with Gasteiger partial charge in [-0.15, -0.1) is 11.3 Å². The van der Waals surface area contributed by atoms with Crippen molar-refractivity contribution < 1.29 is 9.21 Å². The number of nitrogens with zero attached hydrogens (tertiary/aromatic N) is 1. The van der Waals surface area contributed by atoms with Crippen LogP contribution in [-0.4, -0.2) is 10.9 Å². The number of carbonyl (C=O) groups is 1. The molecule has 1 N–H and O–H groups in total. The molecule has 0 unspecified atom stereocenters. The van der Waals surface area contributed by atoms with E-state index in [1.807, 2.05) is 60.7 Å². The molecule has 7 heteroatoms. The largest absolute Gasteiger partial charge is 0.422 e. The maximum atomic E-state index is 13.3. The first-order chi connectivity index (χ1) is 17.5. The van der Waals surface area contributed by atoms with Gasteiger partial charge in [-0.3, -0.25) is 4.79 Å². The average Bonchev–Trinajstić information content (AvgIpc) is 3.33. The van der Waals surface area contributed by atoms with Crippen molar-refractivity contribution in [1.82, 2.24) is 4.98 Å². The molecular formula is C29H17IN2O3S. The Morgan fingerprint density at radius 2 is 1.69 bits per heavy atom. The van der Waals surface area contributed by atoms with E-state index in [0.29, 0.717) is 28.0 Å². The van der Waals surface area contributed by atoms with Crippen LogP contribution in [-0.2, 0) is 0 Å². The molecule has 0 aliphatic rings. The quantitative estimate of drug-likeness (QED) is 0.167. The van der Waals surface area contributed by atoms with Gasteiger partial charge in [0.2, 0.25) is 0 Å². The molecule has 0 saturated carbocycles. The number of aromatic nitrogens is 1. The van der Waals surface area contributed by atoms with Crippen LogP contribution in [0.2, 0.25) is 0 Å². The third-order valence-electron chi connectivity index (χ3n) is 5.83. The summed E-state index contributed by atoms with van der Waals surface area (Å²) in [5.41, 5.74) is 4.02. The van der Waals surface area contributed by atoms with Crippen LogP contribution in [0.4, 0.5) is 5.69 Å². The van der Waals surface area contributed by atoms with Crippen LogP contribution in [0.25, 0.3) is 42.9 Å². The number of amides is 1. The summed E-state index contributed by atoms with van der Waals surface area (Å²) in [4.78, 5) is 30.7. The van der Waals surface area contributed by atoms with Crippen LogP contribution in [0, 0.1) is 3.57 Å². The number of thiazole rings is 1. The molecular weight excluding hydrogens is 583 g/mol. The van der Waals surface area contributed by atoms with E-state index >= 15 is 0 Å². The predicted molar refractivity (Wildman–Crippen MR) is 154 cm³/mol. The fraction of sp³-hybridized carbons (Fsp3) is 0. The van der Waals surface area contributed by atoms with Gasteiger partial charge in [0.1, 0.15) is 10.6 Å². The highest BCUT2D eigenvalue weighted by molar-refractivity contribution is 14.1. The van der Waals surface area contributed by atoms with Gasteiger partial charge >= 0.3 is 5.63 Å². The van der Waals surface area contributed by atoms with Gasteiger partial charge in [0.05, 0.1) is 21.5 Å². The fourth-order valence-electron chi connectivity index (χ4n) is 4.08. The molecule has 2 heterocycles. The Bertz CT molecular complexity index is 1810. The van der Waals surface area contributed by atoms with Crippen LogP contribution in [0.5, 0.6) is 0 Å². The van der Waals surface area contributed by atoms with Gasteiger partial charge in [-0.1, -0.05) is 42.5 Å². The van der Waals surface area contributed by atoms with Gasteiger partial charge in [-0.25, -0.2) is 9.78 Å². The van der Waals surface area contributed by atoms with E-state index in [9.17, 15) is 9.59 Å². The average molecular weight is 600 g/mol. The Morgan fingerprint density at radius 1 is 0.861 bits per heavy atom. The number of fused-ring (bicyclic) bond motifs is 2. The van der Waals surface area contributed by atoms with Crippen molar-refractivity contribution in [3.8, 4) is 21.7 Å². The van der Waals surface area contributed by atoms with E-state index in [0.717, 1.165) is 29.7 Å². The summed E-state index contributed by atoms with van der Waals surface area (Å²) in [5.74, 6) is -0.273. The van der Waals surface area contributed by atoms with E-state index in [1.165, 1.54) is 0 Å². The summed E-state index contributed by atoms with van der Waals surface area (Å²) < 4.78 is 7.62. The van der Waals surface area contributed by atoms with Gasteiger partial charge in [0.15, 0.2) is 0 Å². The summed E-state index contributed by atoms with van der Waals surface area (Å²) in [7, 11) is 0. The lowest BCUT2D eigenvalue weighted by atomic mass is 10.0. The third kappa shape index (κ3) is 4.31. The number of anilines is 1. The number of hydrogen-bond donors (Lipinski definition) is 1. The van der Waals surface area contributed by atoms with Gasteiger partial charge in [-0.05, 0) is 82.8 Å². The topological polar surface area (TPSA) is 72.2 Å². The highest BCUT2D eigenvalue weighted by Gasteiger charge is 2.16. The van der Waals surface area contributed by atoms with Crippen LogP contribution < -0.4 is 10.9 Å². The number of rotatable bonds is 4. The number of halogens is 1. The zero-order valence-corrected chi connectivity index (χ0v) is 21.7. The van der Waals surface area contributed by atoms with Gasteiger partial charge in [0.25, 0.3) is 5.91 Å². The van der Waals surface area contributed by atoms with Gasteiger partial charge < -0.3 is 9.73 Å². The Hall–Kier alpha value is -3.82. The number of para-hydroxylation sites is 2. The smallest absolute Gasteiger partial charge is 0.344 e. The molecule has 0 radical (unpaired) electrons. The molecule has 6 aromatic rings. The molecule has 0 aliphatic heterocycles. The molecule has 6 rings (SSSR count). The summed E-state index contributed by atoms with van der Waals surface area (Å²) in [6.45, 7) is 0. The third-order valence-corrected chi connectivity index (χ3v) is 7.57. The second kappa shape index (κ2) is 9.33. The first-order valence-corrected chi connectivity index (χ1v) is 13.0. The summed E-state index contributed by atoms with van der Waals surface area (Å²) in [6.07, 6.45) is 0. The Labute approximate surface area is 223 Å². The zero-order valence-electron chi connectivity index (χ0n) is 18.7. The molecule has 174 valence electrons. The highest BCUT2D eigenvalue weighted by atomic mass is 127. The van der Waals surface area contributed by atoms with Crippen molar-refractivity contribution in [2.75, 3.05) is 5.32 Å². The summed E-state index contributed by atoms with van der Waals surface area (Å²) in [6, 6.07) is 30.0. The highest BCUT2D eigenvalue weighted by Crippen LogP contribution is 2.36. The summed E-state index contributed by atoms with van der Waals surface area (Å²) >= 11 is 3.85. The monoisotopic (exact) mass is 600 g/mol. The van der Waals surface area contributed by atoms with E-state index in [4.69, 9.17) is 9.40 Å². The maximum Gasteiger partial charge on any atom is 0.344 e. The molecule has 0 atom stereocenters. The lowest BCUT2D eigenvalue weighted by Gasteiger charge is -2.11. The van der Waals surface area contributed by atoms with E-state index < -0.39 is 5.63 Å². The van der Waals surface area contributed by atoms with Gasteiger partial charge in [0, 0.05) is 20.1 Å². The van der Waals surface area contributed by atoms with E-state index in [-0.39, 0.29) is 5.91 Å². The Morgan fingerprint density at radius 3 is 2.58 bits per heavy atom. The minimum atomic E-state index is -0.443. The molecule has 0 saturated heterocycles. The first-order valence-electron chi connectivity index (χ1n) is 11.2. The molecule has 1 amide bonds. The van der Waals surface area contributed by atoms with Crippen molar-refractivity contribution in [3.63, 3.8) is 0 Å². The van der Waals surface area contributed by atoms with E-state index in [1.54, 1.807) is 47.7 Å². The lowest BCUT2D eigenvalue weighted by molar-refractivity contribution is 0.102. The van der Waals surface area contributed by atoms with E-state index in [2.05, 4.69) is 27.9 Å². The van der Waals surface area contributed by atoms with Crippen molar-refractivity contribution >= 4 is 66.7 Å². The molecule has 4 aromatic carbocycles. The van der Waals surface area contributed by atoms with Crippen molar-refractivity contribution in [2.45, 2.75) is 0 Å². The Balaban J connectivity index is 1.35. The van der Waals surface area contributed by atoms with Gasteiger partial charge in [-0.2, -0.15) is 0 Å². The second-order valence-corrected chi connectivity index (χ2v) is 10.5. The molecule has 5 nitrogen and oxygen atoms in total. The first kappa shape index (κ1) is 22.6. The number of hydrogen-bond acceptors (Lipinski definition) is 5. The molecule has 36 heavy (non-hydrogen) atoms. The van der Waals surface area contributed by atoms with Crippen molar-refractivity contribution in [3.05, 3.63) is 117 Å². The van der Waals surface area contributed by atoms with Crippen LogP contribution in [0.1, 0.15) is 10.4 Å².